The third kappa shape index (κ3) is 3.55. The van der Waals surface area contributed by atoms with Crippen molar-refractivity contribution in [3.8, 4) is 10.4 Å². The minimum Gasteiger partial charge on any atom is -0.305 e. The van der Waals surface area contributed by atoms with Gasteiger partial charge in [0.25, 0.3) is 0 Å². The molecule has 0 aliphatic carbocycles. The Morgan fingerprint density at radius 1 is 1.14 bits per heavy atom. The Bertz CT molecular complexity index is 703. The molecule has 0 amide bonds. The van der Waals surface area contributed by atoms with Crippen LogP contribution in [0.15, 0.2) is 53.2 Å². The van der Waals surface area contributed by atoms with Gasteiger partial charge in [0.1, 0.15) is 0 Å². The molecule has 0 aliphatic rings. The standard InChI is InChI=1S/C17H16ClNS2/c1-12(15-5-2-3-6-16(15)18)19-10-14-9-13(11-21-14)17-7-4-8-20-17/h2-9,11-12,19H,10H2,1H3/t12-/m0/s1. The maximum atomic E-state index is 6.24. The number of nitrogens with one attached hydrogen (secondary N) is 1. The smallest absolute Gasteiger partial charge is 0.0453 e. The average molecular weight is 334 g/mol. The van der Waals surface area contributed by atoms with Crippen molar-refractivity contribution in [1.29, 1.82) is 0 Å². The van der Waals surface area contributed by atoms with E-state index in [1.54, 1.807) is 22.7 Å². The lowest BCUT2D eigenvalue weighted by molar-refractivity contribution is 0.579. The molecule has 21 heavy (non-hydrogen) atoms. The molecule has 2 aromatic heterocycles. The zero-order valence-corrected chi connectivity index (χ0v) is 14.1. The molecule has 0 fully saturated rings. The highest BCUT2D eigenvalue weighted by Gasteiger charge is 2.09. The number of thiophene rings is 2. The summed E-state index contributed by atoms with van der Waals surface area (Å²) < 4.78 is 0. The van der Waals surface area contributed by atoms with Gasteiger partial charge < -0.3 is 5.32 Å². The predicted molar refractivity (Wildman–Crippen MR) is 94.3 cm³/mol. The first-order chi connectivity index (χ1) is 10.2. The summed E-state index contributed by atoms with van der Waals surface area (Å²) >= 11 is 9.82. The summed E-state index contributed by atoms with van der Waals surface area (Å²) in [5.74, 6) is 0. The molecule has 0 unspecified atom stereocenters. The van der Waals surface area contributed by atoms with Crippen LogP contribution in [0.2, 0.25) is 5.02 Å². The van der Waals surface area contributed by atoms with Crippen molar-refractivity contribution >= 4 is 34.3 Å². The lowest BCUT2D eigenvalue weighted by Crippen LogP contribution is -2.17. The molecule has 0 saturated heterocycles. The molecule has 0 radical (unpaired) electrons. The molecule has 108 valence electrons. The van der Waals surface area contributed by atoms with Crippen LogP contribution in [0.4, 0.5) is 0 Å². The highest BCUT2D eigenvalue weighted by atomic mass is 35.5. The van der Waals surface area contributed by atoms with Crippen molar-refractivity contribution in [1.82, 2.24) is 5.32 Å². The van der Waals surface area contributed by atoms with Crippen molar-refractivity contribution in [3.63, 3.8) is 0 Å². The van der Waals surface area contributed by atoms with Gasteiger partial charge in [0.2, 0.25) is 0 Å². The first kappa shape index (κ1) is 14.8. The van der Waals surface area contributed by atoms with Gasteiger partial charge in [-0.15, -0.1) is 22.7 Å². The summed E-state index contributed by atoms with van der Waals surface area (Å²) in [5.41, 5.74) is 2.46. The third-order valence-electron chi connectivity index (χ3n) is 3.41. The van der Waals surface area contributed by atoms with Gasteiger partial charge in [0.15, 0.2) is 0 Å². The fourth-order valence-electron chi connectivity index (χ4n) is 2.24. The highest BCUT2D eigenvalue weighted by molar-refractivity contribution is 7.14. The summed E-state index contributed by atoms with van der Waals surface area (Å²) in [6.45, 7) is 3.01. The van der Waals surface area contributed by atoms with Gasteiger partial charge in [-0.05, 0) is 41.4 Å². The van der Waals surface area contributed by atoms with E-state index in [1.165, 1.54) is 15.3 Å². The fraction of sp³-hybridized carbons (Fsp3) is 0.176. The van der Waals surface area contributed by atoms with E-state index in [1.807, 2.05) is 18.2 Å². The van der Waals surface area contributed by atoms with E-state index in [0.717, 1.165) is 17.1 Å². The molecular formula is C17H16ClNS2. The van der Waals surface area contributed by atoms with E-state index in [-0.39, 0.29) is 6.04 Å². The largest absolute Gasteiger partial charge is 0.305 e. The third-order valence-corrected chi connectivity index (χ3v) is 5.61. The lowest BCUT2D eigenvalue weighted by Gasteiger charge is -2.14. The first-order valence-corrected chi connectivity index (χ1v) is 8.97. The molecule has 1 nitrogen and oxygen atoms in total. The molecule has 1 atom stereocenters. The zero-order chi connectivity index (χ0) is 14.7. The monoisotopic (exact) mass is 333 g/mol. The molecule has 0 bridgehead atoms. The summed E-state index contributed by atoms with van der Waals surface area (Å²) in [6, 6.07) is 14.8. The molecule has 0 aliphatic heterocycles. The molecular weight excluding hydrogens is 318 g/mol. The van der Waals surface area contributed by atoms with Crippen molar-refractivity contribution in [2.75, 3.05) is 0 Å². The predicted octanol–water partition coefficient (Wildman–Crippen LogP) is 5.98. The average Bonchev–Trinajstić information content (AvgIpc) is 3.16. The van der Waals surface area contributed by atoms with Crippen LogP contribution in [0.25, 0.3) is 10.4 Å². The Kier molecular flexibility index (Phi) is 4.76. The highest BCUT2D eigenvalue weighted by Crippen LogP contribution is 2.29. The maximum absolute atomic E-state index is 6.24. The van der Waals surface area contributed by atoms with Crippen molar-refractivity contribution in [2.24, 2.45) is 0 Å². The Labute approximate surface area is 138 Å². The SMILES string of the molecule is C[C@H](NCc1cc(-c2cccs2)cs1)c1ccccc1Cl. The summed E-state index contributed by atoms with van der Waals surface area (Å²) in [7, 11) is 0. The second-order valence-electron chi connectivity index (χ2n) is 4.90. The van der Waals surface area contributed by atoms with Gasteiger partial charge in [0.05, 0.1) is 0 Å². The minimum absolute atomic E-state index is 0.242. The number of benzene rings is 1. The molecule has 3 rings (SSSR count). The van der Waals surface area contributed by atoms with Crippen molar-refractivity contribution in [2.45, 2.75) is 19.5 Å². The Hall–Kier alpha value is -1.13. The van der Waals surface area contributed by atoms with Crippen LogP contribution in [0, 0.1) is 0 Å². The summed E-state index contributed by atoms with van der Waals surface area (Å²) in [4.78, 5) is 2.67. The Morgan fingerprint density at radius 2 is 2.00 bits per heavy atom. The van der Waals surface area contributed by atoms with Crippen LogP contribution >= 0.6 is 34.3 Å². The van der Waals surface area contributed by atoms with E-state index < -0.39 is 0 Å². The van der Waals surface area contributed by atoms with Crippen LogP contribution < -0.4 is 5.32 Å². The maximum Gasteiger partial charge on any atom is 0.0453 e. The molecule has 1 N–H and O–H groups in total. The van der Waals surface area contributed by atoms with E-state index in [0.29, 0.717) is 0 Å². The van der Waals surface area contributed by atoms with Gasteiger partial charge in [-0.3, -0.25) is 0 Å². The molecule has 2 heterocycles. The van der Waals surface area contributed by atoms with E-state index in [9.17, 15) is 0 Å². The summed E-state index contributed by atoms with van der Waals surface area (Å²) in [5, 5.41) is 8.71. The number of hydrogen-bond acceptors (Lipinski definition) is 3. The van der Waals surface area contributed by atoms with Crippen LogP contribution in [-0.4, -0.2) is 0 Å². The second-order valence-corrected chi connectivity index (χ2v) is 7.25. The fourth-order valence-corrected chi connectivity index (χ4v) is 4.16. The summed E-state index contributed by atoms with van der Waals surface area (Å²) in [6.07, 6.45) is 0. The Morgan fingerprint density at radius 3 is 2.76 bits per heavy atom. The van der Waals surface area contributed by atoms with E-state index in [4.69, 9.17) is 11.6 Å². The lowest BCUT2D eigenvalue weighted by atomic mass is 10.1. The van der Waals surface area contributed by atoms with Gasteiger partial charge >= 0.3 is 0 Å². The van der Waals surface area contributed by atoms with Crippen LogP contribution in [0.3, 0.4) is 0 Å². The molecule has 0 spiro atoms. The Balaban J connectivity index is 1.64. The molecule has 3 aromatic rings. The van der Waals surface area contributed by atoms with E-state index >= 15 is 0 Å². The first-order valence-electron chi connectivity index (χ1n) is 6.83. The van der Waals surface area contributed by atoms with Gasteiger partial charge in [-0.25, -0.2) is 0 Å². The van der Waals surface area contributed by atoms with Crippen LogP contribution in [0.1, 0.15) is 23.4 Å². The zero-order valence-electron chi connectivity index (χ0n) is 11.7. The van der Waals surface area contributed by atoms with Gasteiger partial charge in [-0.1, -0.05) is 35.9 Å². The quantitative estimate of drug-likeness (QED) is 0.605. The van der Waals surface area contributed by atoms with Crippen molar-refractivity contribution in [3.05, 3.63) is 68.7 Å². The normalized spacial score (nSPS) is 12.5. The van der Waals surface area contributed by atoms with Gasteiger partial charge in [-0.2, -0.15) is 0 Å². The van der Waals surface area contributed by atoms with Crippen molar-refractivity contribution < 1.29 is 0 Å². The van der Waals surface area contributed by atoms with E-state index in [2.05, 4.69) is 47.3 Å². The van der Waals surface area contributed by atoms with Gasteiger partial charge in [0, 0.05) is 32.9 Å². The number of hydrogen-bond donors (Lipinski definition) is 1. The minimum atomic E-state index is 0.242. The molecule has 4 heteroatoms. The topological polar surface area (TPSA) is 12.0 Å². The van der Waals surface area contributed by atoms with Crippen LogP contribution in [0.5, 0.6) is 0 Å². The number of rotatable bonds is 5. The number of halogens is 1. The van der Waals surface area contributed by atoms with Crippen LogP contribution in [-0.2, 0) is 6.54 Å². The second kappa shape index (κ2) is 6.75. The molecule has 0 saturated carbocycles. The molecule has 1 aromatic carbocycles.